The molecule has 0 spiro atoms. The fraction of sp³-hybridized carbons (Fsp3) is 0.467. The molecule has 0 heterocycles. The molecule has 5 nitrogen and oxygen atoms in total. The fourth-order valence-electron chi connectivity index (χ4n) is 1.77. The third kappa shape index (κ3) is 4.93. The summed E-state index contributed by atoms with van der Waals surface area (Å²) in [4.78, 5) is 25.1. The number of hydrogen-bond donors (Lipinski definition) is 1. The quantitative estimate of drug-likeness (QED) is 0.878. The Morgan fingerprint density at radius 1 is 1.43 bits per heavy atom. The SMILES string of the molecule is CCC(C)NC(=O)CN(C(C)=O)c1ccc(OC)c(Cl)c1. The van der Waals surface area contributed by atoms with Crippen molar-refractivity contribution in [3.63, 3.8) is 0 Å². The van der Waals surface area contributed by atoms with Crippen molar-refractivity contribution in [3.05, 3.63) is 23.2 Å². The lowest BCUT2D eigenvalue weighted by molar-refractivity contribution is -0.123. The second-order valence-electron chi connectivity index (χ2n) is 4.80. The standard InChI is InChI=1S/C15H21ClN2O3/c1-5-10(2)17-15(20)9-18(11(3)19)12-6-7-14(21-4)13(16)8-12/h6-8,10H,5,9H2,1-4H3,(H,17,20). The van der Waals surface area contributed by atoms with Gasteiger partial charge in [-0.15, -0.1) is 0 Å². The molecule has 0 bridgehead atoms. The average molecular weight is 313 g/mol. The molecule has 0 radical (unpaired) electrons. The summed E-state index contributed by atoms with van der Waals surface area (Å²) in [6.45, 7) is 5.27. The summed E-state index contributed by atoms with van der Waals surface area (Å²) in [5.74, 6) is 0.0926. The van der Waals surface area contributed by atoms with Gasteiger partial charge in [0.25, 0.3) is 0 Å². The molecule has 2 amide bonds. The number of carbonyl (C=O) groups is 2. The molecule has 0 fully saturated rings. The molecule has 0 saturated heterocycles. The van der Waals surface area contributed by atoms with Gasteiger partial charge in [0.05, 0.1) is 12.1 Å². The van der Waals surface area contributed by atoms with E-state index in [1.54, 1.807) is 18.2 Å². The maximum Gasteiger partial charge on any atom is 0.240 e. The summed E-state index contributed by atoms with van der Waals surface area (Å²) in [7, 11) is 1.52. The van der Waals surface area contributed by atoms with Crippen molar-refractivity contribution in [1.29, 1.82) is 0 Å². The highest BCUT2D eigenvalue weighted by molar-refractivity contribution is 6.32. The number of nitrogens with one attached hydrogen (secondary N) is 1. The van der Waals surface area contributed by atoms with E-state index in [1.165, 1.54) is 18.9 Å². The van der Waals surface area contributed by atoms with Crippen LogP contribution < -0.4 is 15.0 Å². The summed E-state index contributed by atoms with van der Waals surface area (Å²) in [6, 6.07) is 5.05. The smallest absolute Gasteiger partial charge is 0.240 e. The van der Waals surface area contributed by atoms with Crippen LogP contribution in [-0.4, -0.2) is 31.5 Å². The van der Waals surface area contributed by atoms with Crippen molar-refractivity contribution >= 4 is 29.1 Å². The van der Waals surface area contributed by atoms with Gasteiger partial charge in [-0.3, -0.25) is 9.59 Å². The highest BCUT2D eigenvalue weighted by atomic mass is 35.5. The Hall–Kier alpha value is -1.75. The minimum atomic E-state index is -0.226. The van der Waals surface area contributed by atoms with Crippen LogP contribution in [0.5, 0.6) is 5.75 Å². The topological polar surface area (TPSA) is 58.6 Å². The number of ether oxygens (including phenoxy) is 1. The molecule has 0 aliphatic heterocycles. The predicted octanol–water partition coefficient (Wildman–Crippen LogP) is 2.62. The molecule has 1 atom stereocenters. The van der Waals surface area contributed by atoms with Crippen molar-refractivity contribution in [1.82, 2.24) is 5.32 Å². The third-order valence-electron chi connectivity index (χ3n) is 3.15. The minimum absolute atomic E-state index is 0.0394. The van der Waals surface area contributed by atoms with E-state index >= 15 is 0 Å². The number of anilines is 1. The van der Waals surface area contributed by atoms with Gasteiger partial charge in [0, 0.05) is 18.7 Å². The monoisotopic (exact) mass is 312 g/mol. The highest BCUT2D eigenvalue weighted by Crippen LogP contribution is 2.29. The Labute approximate surface area is 130 Å². The van der Waals surface area contributed by atoms with Gasteiger partial charge in [0.2, 0.25) is 11.8 Å². The summed E-state index contributed by atoms with van der Waals surface area (Å²) >= 11 is 6.06. The second kappa shape index (κ2) is 7.88. The molecule has 1 rings (SSSR count). The van der Waals surface area contributed by atoms with Crippen LogP contribution in [-0.2, 0) is 9.59 Å². The van der Waals surface area contributed by atoms with E-state index in [2.05, 4.69) is 5.32 Å². The lowest BCUT2D eigenvalue weighted by Crippen LogP contribution is -2.42. The van der Waals surface area contributed by atoms with Gasteiger partial charge >= 0.3 is 0 Å². The van der Waals surface area contributed by atoms with Crippen LogP contribution in [0.4, 0.5) is 5.69 Å². The molecule has 1 N–H and O–H groups in total. The predicted molar refractivity (Wildman–Crippen MR) is 83.9 cm³/mol. The zero-order valence-corrected chi connectivity index (χ0v) is 13.5. The Morgan fingerprint density at radius 3 is 2.57 bits per heavy atom. The summed E-state index contributed by atoms with van der Waals surface area (Å²) in [5, 5.41) is 3.22. The number of amides is 2. The van der Waals surface area contributed by atoms with Gasteiger partial charge < -0.3 is 15.0 Å². The summed E-state index contributed by atoms with van der Waals surface area (Å²) in [6.07, 6.45) is 0.834. The first-order valence-corrected chi connectivity index (χ1v) is 7.17. The lowest BCUT2D eigenvalue weighted by atomic mass is 10.2. The Morgan fingerprint density at radius 2 is 2.10 bits per heavy atom. The molecule has 6 heteroatoms. The number of carbonyl (C=O) groups excluding carboxylic acids is 2. The minimum Gasteiger partial charge on any atom is -0.495 e. The normalized spacial score (nSPS) is 11.7. The first-order valence-electron chi connectivity index (χ1n) is 6.80. The van der Waals surface area contributed by atoms with E-state index in [-0.39, 0.29) is 24.4 Å². The number of rotatable bonds is 6. The molecule has 116 valence electrons. The first-order chi connectivity index (χ1) is 9.88. The highest BCUT2D eigenvalue weighted by Gasteiger charge is 2.17. The van der Waals surface area contributed by atoms with Crippen LogP contribution in [0.25, 0.3) is 0 Å². The van der Waals surface area contributed by atoms with Crippen LogP contribution in [0, 0.1) is 0 Å². The maximum absolute atomic E-state index is 11.9. The zero-order valence-electron chi connectivity index (χ0n) is 12.8. The Bertz CT molecular complexity index is 520. The molecular weight excluding hydrogens is 292 g/mol. The van der Waals surface area contributed by atoms with Crippen LogP contribution in [0.1, 0.15) is 27.2 Å². The Kier molecular flexibility index (Phi) is 6.49. The summed E-state index contributed by atoms with van der Waals surface area (Å²) < 4.78 is 5.07. The van der Waals surface area contributed by atoms with E-state index in [0.29, 0.717) is 16.5 Å². The number of halogens is 1. The third-order valence-corrected chi connectivity index (χ3v) is 3.44. The van der Waals surface area contributed by atoms with Gasteiger partial charge in [-0.25, -0.2) is 0 Å². The number of hydrogen-bond acceptors (Lipinski definition) is 3. The molecule has 1 aromatic rings. The fourth-order valence-corrected chi connectivity index (χ4v) is 2.03. The van der Waals surface area contributed by atoms with Crippen molar-refractivity contribution in [2.75, 3.05) is 18.6 Å². The van der Waals surface area contributed by atoms with E-state index < -0.39 is 0 Å². The number of nitrogens with zero attached hydrogens (tertiary/aromatic N) is 1. The van der Waals surface area contributed by atoms with Crippen LogP contribution in [0.3, 0.4) is 0 Å². The molecule has 21 heavy (non-hydrogen) atoms. The molecule has 0 aliphatic carbocycles. The first kappa shape index (κ1) is 17.3. The molecule has 0 aliphatic rings. The van der Waals surface area contributed by atoms with Crippen molar-refractivity contribution in [3.8, 4) is 5.75 Å². The van der Waals surface area contributed by atoms with Crippen molar-refractivity contribution < 1.29 is 14.3 Å². The van der Waals surface area contributed by atoms with E-state index in [9.17, 15) is 9.59 Å². The van der Waals surface area contributed by atoms with Crippen LogP contribution >= 0.6 is 11.6 Å². The van der Waals surface area contributed by atoms with E-state index in [1.807, 2.05) is 13.8 Å². The number of benzene rings is 1. The van der Waals surface area contributed by atoms with Crippen LogP contribution in [0.15, 0.2) is 18.2 Å². The largest absolute Gasteiger partial charge is 0.495 e. The Balaban J connectivity index is 2.89. The van der Waals surface area contributed by atoms with E-state index in [0.717, 1.165) is 6.42 Å². The zero-order chi connectivity index (χ0) is 16.0. The number of methoxy groups -OCH3 is 1. The van der Waals surface area contributed by atoms with Gasteiger partial charge in [-0.05, 0) is 31.5 Å². The van der Waals surface area contributed by atoms with Gasteiger partial charge in [-0.2, -0.15) is 0 Å². The lowest BCUT2D eigenvalue weighted by Gasteiger charge is -2.22. The molecule has 0 aromatic heterocycles. The van der Waals surface area contributed by atoms with Gasteiger partial charge in [0.15, 0.2) is 0 Å². The van der Waals surface area contributed by atoms with Gasteiger partial charge in [-0.1, -0.05) is 18.5 Å². The van der Waals surface area contributed by atoms with Crippen LogP contribution in [0.2, 0.25) is 5.02 Å². The van der Waals surface area contributed by atoms with Crippen molar-refractivity contribution in [2.24, 2.45) is 0 Å². The van der Waals surface area contributed by atoms with Crippen molar-refractivity contribution in [2.45, 2.75) is 33.2 Å². The summed E-state index contributed by atoms with van der Waals surface area (Å²) in [5.41, 5.74) is 0.563. The second-order valence-corrected chi connectivity index (χ2v) is 5.21. The molecule has 1 unspecified atom stereocenters. The maximum atomic E-state index is 11.9. The molecule has 1 aromatic carbocycles. The molecule has 0 saturated carbocycles. The average Bonchev–Trinajstić information content (AvgIpc) is 2.44. The van der Waals surface area contributed by atoms with Gasteiger partial charge in [0.1, 0.15) is 12.3 Å². The molecular formula is C15H21ClN2O3. The van der Waals surface area contributed by atoms with E-state index in [4.69, 9.17) is 16.3 Å².